The van der Waals surface area contributed by atoms with Gasteiger partial charge in [0.05, 0.1) is 6.07 Å². The van der Waals surface area contributed by atoms with Crippen molar-refractivity contribution in [2.24, 2.45) is 5.41 Å². The lowest BCUT2D eigenvalue weighted by molar-refractivity contribution is 0.253. The zero-order chi connectivity index (χ0) is 12.6. The van der Waals surface area contributed by atoms with Crippen LogP contribution in [-0.2, 0) is 0 Å². The maximum atomic E-state index is 8.58. The number of nitrogens with zero attached hydrogens (tertiary/aromatic N) is 2. The van der Waals surface area contributed by atoms with Crippen LogP contribution in [0.15, 0.2) is 0 Å². The van der Waals surface area contributed by atoms with Crippen molar-refractivity contribution in [1.82, 2.24) is 10.2 Å². The van der Waals surface area contributed by atoms with Crippen molar-refractivity contribution < 1.29 is 0 Å². The van der Waals surface area contributed by atoms with E-state index in [9.17, 15) is 0 Å². The highest BCUT2D eigenvalue weighted by Crippen LogP contribution is 2.20. The number of rotatable bonds is 8. The molecule has 0 bridgehead atoms. The molecule has 0 spiro atoms. The van der Waals surface area contributed by atoms with E-state index in [4.69, 9.17) is 5.26 Å². The number of likely N-dealkylation sites (N-methyl/N-ethyl adjacent to an activating group) is 1. The van der Waals surface area contributed by atoms with E-state index in [0.29, 0.717) is 12.5 Å². The van der Waals surface area contributed by atoms with Crippen LogP contribution < -0.4 is 5.32 Å². The minimum absolute atomic E-state index is 0.223. The molecule has 0 aromatic heterocycles. The number of nitriles is 1. The molecule has 0 amide bonds. The standard InChI is InChI=1S/C13H27N3/c1-6-12(16(4)5)10-15-11-13(2,3)8-7-9-14/h12,15H,6-8,10-11H2,1-5H3. The van der Waals surface area contributed by atoms with Gasteiger partial charge < -0.3 is 10.2 Å². The van der Waals surface area contributed by atoms with Crippen molar-refractivity contribution in [2.75, 3.05) is 27.2 Å². The second kappa shape index (κ2) is 7.65. The van der Waals surface area contributed by atoms with Crippen LogP contribution in [0.5, 0.6) is 0 Å². The minimum Gasteiger partial charge on any atom is -0.315 e. The lowest BCUT2D eigenvalue weighted by Crippen LogP contribution is -2.40. The molecule has 0 aliphatic rings. The maximum absolute atomic E-state index is 8.58. The largest absolute Gasteiger partial charge is 0.315 e. The minimum atomic E-state index is 0.223. The Morgan fingerprint density at radius 2 is 2.00 bits per heavy atom. The Morgan fingerprint density at radius 1 is 1.38 bits per heavy atom. The highest BCUT2D eigenvalue weighted by molar-refractivity contribution is 4.79. The van der Waals surface area contributed by atoms with Gasteiger partial charge in [0.25, 0.3) is 0 Å². The molecule has 0 aliphatic heterocycles. The summed E-state index contributed by atoms with van der Waals surface area (Å²) in [7, 11) is 4.24. The Bertz CT molecular complexity index is 216. The third kappa shape index (κ3) is 6.81. The van der Waals surface area contributed by atoms with Crippen LogP contribution in [0.1, 0.15) is 40.0 Å². The van der Waals surface area contributed by atoms with Gasteiger partial charge in [0, 0.05) is 25.6 Å². The zero-order valence-corrected chi connectivity index (χ0v) is 11.5. The first-order chi connectivity index (χ1) is 7.43. The van der Waals surface area contributed by atoms with Gasteiger partial charge in [-0.05, 0) is 32.4 Å². The molecule has 0 aromatic carbocycles. The van der Waals surface area contributed by atoms with Gasteiger partial charge >= 0.3 is 0 Å². The number of hydrogen-bond acceptors (Lipinski definition) is 3. The third-order valence-electron chi connectivity index (χ3n) is 3.10. The summed E-state index contributed by atoms with van der Waals surface area (Å²) >= 11 is 0. The Balaban J connectivity index is 3.83. The fourth-order valence-electron chi connectivity index (χ4n) is 1.75. The van der Waals surface area contributed by atoms with Gasteiger partial charge in [-0.1, -0.05) is 20.8 Å². The molecule has 1 N–H and O–H groups in total. The first kappa shape index (κ1) is 15.4. The van der Waals surface area contributed by atoms with E-state index in [0.717, 1.165) is 19.5 Å². The van der Waals surface area contributed by atoms with Gasteiger partial charge in [0.1, 0.15) is 0 Å². The second-order valence-corrected chi connectivity index (χ2v) is 5.48. The molecular formula is C13H27N3. The van der Waals surface area contributed by atoms with Crippen LogP contribution in [0, 0.1) is 16.7 Å². The smallest absolute Gasteiger partial charge is 0.0621 e. The fourth-order valence-corrected chi connectivity index (χ4v) is 1.75. The topological polar surface area (TPSA) is 39.1 Å². The van der Waals surface area contributed by atoms with Gasteiger partial charge in [-0.15, -0.1) is 0 Å². The third-order valence-corrected chi connectivity index (χ3v) is 3.10. The lowest BCUT2D eigenvalue weighted by Gasteiger charge is -2.28. The molecule has 3 heteroatoms. The molecule has 1 unspecified atom stereocenters. The van der Waals surface area contributed by atoms with E-state index in [1.54, 1.807) is 0 Å². The average molecular weight is 225 g/mol. The van der Waals surface area contributed by atoms with Crippen molar-refractivity contribution in [3.05, 3.63) is 0 Å². The van der Waals surface area contributed by atoms with Gasteiger partial charge in [0.15, 0.2) is 0 Å². The van der Waals surface area contributed by atoms with Gasteiger partial charge in [0.2, 0.25) is 0 Å². The summed E-state index contributed by atoms with van der Waals surface area (Å²) < 4.78 is 0. The second-order valence-electron chi connectivity index (χ2n) is 5.48. The predicted octanol–water partition coefficient (Wildman–Crippen LogP) is 2.25. The molecule has 0 rings (SSSR count). The number of hydrogen-bond donors (Lipinski definition) is 1. The molecule has 0 aromatic rings. The Hall–Kier alpha value is -0.590. The molecule has 0 saturated carbocycles. The quantitative estimate of drug-likeness (QED) is 0.688. The van der Waals surface area contributed by atoms with Crippen molar-refractivity contribution in [3.8, 4) is 6.07 Å². The molecule has 3 nitrogen and oxygen atoms in total. The average Bonchev–Trinajstić information content (AvgIpc) is 2.21. The summed E-state index contributed by atoms with van der Waals surface area (Å²) in [5.41, 5.74) is 0.223. The lowest BCUT2D eigenvalue weighted by atomic mass is 9.88. The molecule has 0 aliphatic carbocycles. The van der Waals surface area contributed by atoms with Crippen LogP contribution >= 0.6 is 0 Å². The van der Waals surface area contributed by atoms with Crippen LogP contribution in [0.25, 0.3) is 0 Å². The van der Waals surface area contributed by atoms with Crippen molar-refractivity contribution in [3.63, 3.8) is 0 Å². The van der Waals surface area contributed by atoms with E-state index < -0.39 is 0 Å². The SMILES string of the molecule is CCC(CNCC(C)(C)CCC#N)N(C)C. The van der Waals surface area contributed by atoms with Crippen LogP contribution in [-0.4, -0.2) is 38.1 Å². The van der Waals surface area contributed by atoms with E-state index in [2.05, 4.69) is 51.2 Å². The van der Waals surface area contributed by atoms with Gasteiger partial charge in [-0.3, -0.25) is 0 Å². The molecule has 0 saturated heterocycles. The Kier molecular flexibility index (Phi) is 7.36. The molecule has 94 valence electrons. The van der Waals surface area contributed by atoms with Crippen LogP contribution in [0.4, 0.5) is 0 Å². The number of nitrogens with one attached hydrogen (secondary N) is 1. The van der Waals surface area contributed by atoms with Crippen molar-refractivity contribution in [2.45, 2.75) is 46.1 Å². The molecular weight excluding hydrogens is 198 g/mol. The van der Waals surface area contributed by atoms with Gasteiger partial charge in [-0.2, -0.15) is 5.26 Å². The Morgan fingerprint density at radius 3 is 2.44 bits per heavy atom. The van der Waals surface area contributed by atoms with Gasteiger partial charge in [-0.25, -0.2) is 0 Å². The molecule has 16 heavy (non-hydrogen) atoms. The van der Waals surface area contributed by atoms with E-state index in [-0.39, 0.29) is 5.41 Å². The summed E-state index contributed by atoms with van der Waals surface area (Å²) in [6.07, 6.45) is 2.79. The molecule has 1 atom stereocenters. The van der Waals surface area contributed by atoms with E-state index in [1.807, 2.05) is 0 Å². The normalized spacial score (nSPS) is 13.8. The maximum Gasteiger partial charge on any atom is 0.0621 e. The molecule has 0 heterocycles. The zero-order valence-electron chi connectivity index (χ0n) is 11.5. The summed E-state index contributed by atoms with van der Waals surface area (Å²) in [5, 5.41) is 12.1. The first-order valence-electron chi connectivity index (χ1n) is 6.17. The molecule has 0 fully saturated rings. The first-order valence-corrected chi connectivity index (χ1v) is 6.17. The summed E-state index contributed by atoms with van der Waals surface area (Å²) in [6.45, 7) is 8.66. The van der Waals surface area contributed by atoms with Crippen LogP contribution in [0.3, 0.4) is 0 Å². The fraction of sp³-hybridized carbons (Fsp3) is 0.923. The van der Waals surface area contributed by atoms with Crippen molar-refractivity contribution in [1.29, 1.82) is 5.26 Å². The van der Waals surface area contributed by atoms with E-state index in [1.165, 1.54) is 6.42 Å². The summed E-state index contributed by atoms with van der Waals surface area (Å²) in [4.78, 5) is 2.26. The molecule has 0 radical (unpaired) electrons. The highest BCUT2D eigenvalue weighted by Gasteiger charge is 2.17. The summed E-state index contributed by atoms with van der Waals surface area (Å²) in [5.74, 6) is 0. The summed E-state index contributed by atoms with van der Waals surface area (Å²) in [6, 6.07) is 2.82. The van der Waals surface area contributed by atoms with Crippen LogP contribution in [0.2, 0.25) is 0 Å². The predicted molar refractivity (Wildman–Crippen MR) is 69.3 cm³/mol. The van der Waals surface area contributed by atoms with Crippen molar-refractivity contribution >= 4 is 0 Å². The highest BCUT2D eigenvalue weighted by atomic mass is 15.1. The monoisotopic (exact) mass is 225 g/mol. The van der Waals surface area contributed by atoms with E-state index >= 15 is 0 Å². The Labute approximate surface area is 101 Å².